The van der Waals surface area contributed by atoms with E-state index in [4.69, 9.17) is 16.3 Å². The monoisotopic (exact) mass is 472 g/mol. The van der Waals surface area contributed by atoms with Gasteiger partial charge in [-0.05, 0) is 63.4 Å². The lowest BCUT2D eigenvalue weighted by atomic mass is 10.1. The van der Waals surface area contributed by atoms with Crippen LogP contribution < -0.4 is 0 Å². The lowest BCUT2D eigenvalue weighted by Crippen LogP contribution is -2.17. The molecule has 1 atom stereocenters. The molecule has 0 amide bonds. The molecule has 0 unspecified atom stereocenters. The zero-order chi connectivity index (χ0) is 22.8. The minimum atomic E-state index is -0.0807. The average Bonchev–Trinajstić information content (AvgIpc) is 3.47. The first-order chi connectivity index (χ1) is 15.3. The van der Waals surface area contributed by atoms with Crippen LogP contribution in [0.2, 0.25) is 5.02 Å². The first-order valence-corrected chi connectivity index (χ1v) is 11.9. The summed E-state index contributed by atoms with van der Waals surface area (Å²) in [5.41, 5.74) is 3.38. The van der Waals surface area contributed by atoms with Crippen LogP contribution in [0.5, 0.6) is 0 Å². The number of nitrogens with zero attached hydrogens (tertiary/aromatic N) is 3. The summed E-state index contributed by atoms with van der Waals surface area (Å²) in [6, 6.07) is 7.46. The van der Waals surface area contributed by atoms with Crippen LogP contribution in [0.4, 0.5) is 0 Å². The van der Waals surface area contributed by atoms with Gasteiger partial charge < -0.3 is 9.72 Å². The number of nitrogens with one attached hydrogen (secondary N) is 1. The molecule has 0 radical (unpaired) electrons. The minimum Gasteiger partial charge on any atom is -0.376 e. The number of ketones is 2. The van der Waals surface area contributed by atoms with Gasteiger partial charge in [-0.15, -0.1) is 10.2 Å². The standard InChI is InChI=1S/C23H25ClN4O3S/c1-13-20(15(3)29)14(2)25-21(13)19(30)12-32-23-27-26-22(16-6-8-17(24)9-7-16)28(23)11-18-5-4-10-31-18/h6-9,18,25H,4-5,10-12H2,1-3H3/t18-/m1/s1. The Balaban J connectivity index is 1.58. The number of Topliss-reactive ketones (excluding diaryl/α,β-unsaturated/α-hetero) is 2. The molecule has 1 aliphatic rings. The molecule has 0 aliphatic carbocycles. The summed E-state index contributed by atoms with van der Waals surface area (Å²) in [4.78, 5) is 27.9. The second-order valence-electron chi connectivity index (χ2n) is 7.95. The summed E-state index contributed by atoms with van der Waals surface area (Å²) >= 11 is 7.38. The Morgan fingerprint density at radius 3 is 2.62 bits per heavy atom. The number of rotatable bonds is 8. The Labute approximate surface area is 195 Å². The van der Waals surface area contributed by atoms with E-state index in [1.807, 2.05) is 35.8 Å². The minimum absolute atomic E-state index is 0.0492. The van der Waals surface area contributed by atoms with Crippen LogP contribution in [0, 0.1) is 13.8 Å². The number of carbonyl (C=O) groups excluding carboxylic acids is 2. The number of H-pyrrole nitrogens is 1. The molecule has 1 aromatic carbocycles. The van der Waals surface area contributed by atoms with E-state index in [0.717, 1.165) is 36.5 Å². The molecule has 3 aromatic rings. The molecular weight excluding hydrogens is 448 g/mol. The van der Waals surface area contributed by atoms with Gasteiger partial charge in [0.25, 0.3) is 0 Å². The lowest BCUT2D eigenvalue weighted by Gasteiger charge is -2.14. The molecule has 3 heterocycles. The largest absolute Gasteiger partial charge is 0.376 e. The van der Waals surface area contributed by atoms with Crippen molar-refractivity contribution < 1.29 is 14.3 Å². The number of aromatic amines is 1. The first-order valence-electron chi connectivity index (χ1n) is 10.5. The van der Waals surface area contributed by atoms with Crippen molar-refractivity contribution in [3.8, 4) is 11.4 Å². The number of benzene rings is 1. The van der Waals surface area contributed by atoms with Gasteiger partial charge in [-0.1, -0.05) is 23.4 Å². The number of hydrogen-bond donors (Lipinski definition) is 1. The van der Waals surface area contributed by atoms with Gasteiger partial charge in [0.1, 0.15) is 0 Å². The Kier molecular flexibility index (Phi) is 6.83. The molecule has 1 N–H and O–H groups in total. The highest BCUT2D eigenvalue weighted by Gasteiger charge is 2.24. The second kappa shape index (κ2) is 9.60. The smallest absolute Gasteiger partial charge is 0.192 e. The number of aromatic nitrogens is 4. The van der Waals surface area contributed by atoms with Crippen LogP contribution in [0.25, 0.3) is 11.4 Å². The van der Waals surface area contributed by atoms with Gasteiger partial charge in [0.15, 0.2) is 22.5 Å². The maximum atomic E-state index is 12.9. The summed E-state index contributed by atoms with van der Waals surface area (Å²) in [7, 11) is 0. The van der Waals surface area contributed by atoms with Gasteiger partial charge in [-0.3, -0.25) is 14.2 Å². The maximum Gasteiger partial charge on any atom is 0.192 e. The SMILES string of the molecule is CC(=O)c1c(C)[nH]c(C(=O)CSc2nnc(-c3ccc(Cl)cc3)n2C[C@H]2CCCO2)c1C. The van der Waals surface area contributed by atoms with E-state index in [1.54, 1.807) is 6.92 Å². The number of halogens is 1. The Morgan fingerprint density at radius 2 is 2.00 bits per heavy atom. The van der Waals surface area contributed by atoms with E-state index in [0.29, 0.717) is 33.5 Å². The fourth-order valence-corrected chi connectivity index (χ4v) is 5.07. The molecule has 9 heteroatoms. The molecule has 32 heavy (non-hydrogen) atoms. The molecule has 0 bridgehead atoms. The van der Waals surface area contributed by atoms with Crippen molar-refractivity contribution in [1.82, 2.24) is 19.7 Å². The maximum absolute atomic E-state index is 12.9. The fourth-order valence-electron chi connectivity index (χ4n) is 4.12. The molecule has 7 nitrogen and oxygen atoms in total. The molecule has 4 rings (SSSR count). The van der Waals surface area contributed by atoms with E-state index in [9.17, 15) is 9.59 Å². The summed E-state index contributed by atoms with van der Waals surface area (Å²) in [6.07, 6.45) is 2.11. The molecule has 1 fully saturated rings. The van der Waals surface area contributed by atoms with Crippen molar-refractivity contribution in [3.63, 3.8) is 0 Å². The van der Waals surface area contributed by atoms with Gasteiger partial charge in [-0.2, -0.15) is 0 Å². The summed E-state index contributed by atoms with van der Waals surface area (Å²) in [5, 5.41) is 10.1. The lowest BCUT2D eigenvalue weighted by molar-refractivity contribution is 0.0953. The molecule has 168 valence electrons. The van der Waals surface area contributed by atoms with Crippen molar-refractivity contribution in [2.75, 3.05) is 12.4 Å². The van der Waals surface area contributed by atoms with E-state index < -0.39 is 0 Å². The summed E-state index contributed by atoms with van der Waals surface area (Å²) < 4.78 is 7.85. The van der Waals surface area contributed by atoms with E-state index in [2.05, 4.69) is 15.2 Å². The van der Waals surface area contributed by atoms with E-state index >= 15 is 0 Å². The molecule has 0 spiro atoms. The van der Waals surface area contributed by atoms with Gasteiger partial charge in [0.2, 0.25) is 0 Å². The Hall–Kier alpha value is -2.42. The third kappa shape index (κ3) is 4.67. The van der Waals surface area contributed by atoms with Gasteiger partial charge in [-0.25, -0.2) is 0 Å². The predicted octanol–water partition coefficient (Wildman–Crippen LogP) is 4.90. The van der Waals surface area contributed by atoms with Crippen LogP contribution in [-0.2, 0) is 11.3 Å². The summed E-state index contributed by atoms with van der Waals surface area (Å²) in [6.45, 7) is 6.50. The highest BCUT2D eigenvalue weighted by Crippen LogP contribution is 2.28. The highest BCUT2D eigenvalue weighted by atomic mass is 35.5. The van der Waals surface area contributed by atoms with Crippen molar-refractivity contribution in [2.24, 2.45) is 0 Å². The third-order valence-corrected chi connectivity index (χ3v) is 6.85. The molecular formula is C23H25ClN4O3S. The zero-order valence-corrected chi connectivity index (χ0v) is 19.8. The Bertz CT molecular complexity index is 1150. The average molecular weight is 473 g/mol. The number of aryl methyl sites for hydroxylation is 1. The van der Waals surface area contributed by atoms with Gasteiger partial charge >= 0.3 is 0 Å². The second-order valence-corrected chi connectivity index (χ2v) is 9.33. The third-order valence-electron chi connectivity index (χ3n) is 5.63. The predicted molar refractivity (Wildman–Crippen MR) is 125 cm³/mol. The first kappa shape index (κ1) is 22.8. The van der Waals surface area contributed by atoms with E-state index in [-0.39, 0.29) is 23.4 Å². The highest BCUT2D eigenvalue weighted by molar-refractivity contribution is 7.99. The van der Waals surface area contributed by atoms with Crippen LogP contribution in [0.3, 0.4) is 0 Å². The van der Waals surface area contributed by atoms with Gasteiger partial charge in [0.05, 0.1) is 24.1 Å². The van der Waals surface area contributed by atoms with E-state index in [1.165, 1.54) is 18.7 Å². The number of carbonyl (C=O) groups is 2. The van der Waals surface area contributed by atoms with Crippen molar-refractivity contribution >= 4 is 34.9 Å². The number of hydrogen-bond acceptors (Lipinski definition) is 6. The molecule has 1 aliphatic heterocycles. The number of ether oxygens (including phenoxy) is 1. The zero-order valence-electron chi connectivity index (χ0n) is 18.3. The summed E-state index contributed by atoms with van der Waals surface area (Å²) in [5.74, 6) is 0.773. The Morgan fingerprint density at radius 1 is 1.25 bits per heavy atom. The van der Waals surface area contributed by atoms with Crippen LogP contribution >= 0.6 is 23.4 Å². The molecule has 0 saturated carbocycles. The van der Waals surface area contributed by atoms with Crippen LogP contribution in [-0.4, -0.2) is 49.8 Å². The van der Waals surface area contributed by atoms with Gasteiger partial charge in [0, 0.05) is 28.5 Å². The van der Waals surface area contributed by atoms with Crippen molar-refractivity contribution in [1.29, 1.82) is 0 Å². The topological polar surface area (TPSA) is 89.9 Å². The quantitative estimate of drug-likeness (QED) is 0.370. The molecule has 1 saturated heterocycles. The normalized spacial score (nSPS) is 15.9. The van der Waals surface area contributed by atoms with Crippen molar-refractivity contribution in [3.05, 3.63) is 51.8 Å². The van der Waals surface area contributed by atoms with Crippen LogP contribution in [0.15, 0.2) is 29.4 Å². The van der Waals surface area contributed by atoms with Crippen LogP contribution in [0.1, 0.15) is 51.9 Å². The number of thioether (sulfide) groups is 1. The molecule has 2 aromatic heterocycles. The fraction of sp³-hybridized carbons (Fsp3) is 0.391. The van der Waals surface area contributed by atoms with Crippen molar-refractivity contribution in [2.45, 2.75) is 51.4 Å².